The molecule has 1 unspecified atom stereocenters. The highest BCUT2D eigenvalue weighted by molar-refractivity contribution is 6.20. The SMILES string of the molecule is CCOC(=O)C1=C(N)OC(C(C)C)C1=O. The average molecular weight is 213 g/mol. The van der Waals surface area contributed by atoms with Gasteiger partial charge in [-0.25, -0.2) is 4.79 Å². The third-order valence-electron chi connectivity index (χ3n) is 2.09. The van der Waals surface area contributed by atoms with Gasteiger partial charge in [-0.15, -0.1) is 0 Å². The Kier molecular flexibility index (Phi) is 3.34. The van der Waals surface area contributed by atoms with E-state index in [4.69, 9.17) is 15.2 Å². The molecule has 0 amide bonds. The highest BCUT2D eigenvalue weighted by atomic mass is 16.5. The van der Waals surface area contributed by atoms with Gasteiger partial charge in [0.2, 0.25) is 11.7 Å². The van der Waals surface area contributed by atoms with Crippen LogP contribution in [0.1, 0.15) is 20.8 Å². The van der Waals surface area contributed by atoms with E-state index in [0.717, 1.165) is 0 Å². The van der Waals surface area contributed by atoms with Crippen LogP contribution in [0.5, 0.6) is 0 Å². The Morgan fingerprint density at radius 2 is 2.20 bits per heavy atom. The molecule has 0 aliphatic carbocycles. The zero-order valence-electron chi connectivity index (χ0n) is 9.07. The van der Waals surface area contributed by atoms with E-state index in [-0.39, 0.29) is 29.8 Å². The molecular formula is C10H15NO4. The van der Waals surface area contributed by atoms with Crippen LogP contribution in [0.15, 0.2) is 11.5 Å². The van der Waals surface area contributed by atoms with Crippen LogP contribution in [0.4, 0.5) is 0 Å². The second-order valence-corrected chi connectivity index (χ2v) is 3.61. The maximum absolute atomic E-state index is 11.7. The van der Waals surface area contributed by atoms with Crippen LogP contribution in [0.25, 0.3) is 0 Å². The van der Waals surface area contributed by atoms with Gasteiger partial charge >= 0.3 is 5.97 Å². The summed E-state index contributed by atoms with van der Waals surface area (Å²) in [6, 6.07) is 0. The minimum Gasteiger partial charge on any atom is -0.467 e. The molecule has 0 bridgehead atoms. The van der Waals surface area contributed by atoms with E-state index in [2.05, 4.69) is 0 Å². The third kappa shape index (κ3) is 2.11. The molecule has 1 aliphatic rings. The van der Waals surface area contributed by atoms with Gasteiger partial charge in [-0.1, -0.05) is 13.8 Å². The quantitative estimate of drug-likeness (QED) is 0.540. The summed E-state index contributed by atoms with van der Waals surface area (Å²) in [6.45, 7) is 5.51. The second-order valence-electron chi connectivity index (χ2n) is 3.61. The van der Waals surface area contributed by atoms with Crippen molar-refractivity contribution in [3.63, 3.8) is 0 Å². The Labute approximate surface area is 88.2 Å². The maximum atomic E-state index is 11.7. The normalized spacial score (nSPS) is 20.8. The molecule has 0 saturated carbocycles. The fourth-order valence-corrected chi connectivity index (χ4v) is 1.36. The average Bonchev–Trinajstić information content (AvgIpc) is 2.42. The van der Waals surface area contributed by atoms with Crippen molar-refractivity contribution in [2.45, 2.75) is 26.9 Å². The smallest absolute Gasteiger partial charge is 0.347 e. The Morgan fingerprint density at radius 3 is 2.60 bits per heavy atom. The zero-order valence-corrected chi connectivity index (χ0v) is 9.07. The number of ether oxygens (including phenoxy) is 2. The van der Waals surface area contributed by atoms with Crippen molar-refractivity contribution < 1.29 is 19.1 Å². The lowest BCUT2D eigenvalue weighted by atomic mass is 10.0. The van der Waals surface area contributed by atoms with E-state index in [9.17, 15) is 9.59 Å². The molecule has 1 rings (SSSR count). The predicted molar refractivity (Wildman–Crippen MR) is 52.6 cm³/mol. The van der Waals surface area contributed by atoms with Crippen molar-refractivity contribution >= 4 is 11.8 Å². The van der Waals surface area contributed by atoms with Crippen molar-refractivity contribution in [1.29, 1.82) is 0 Å². The summed E-state index contributed by atoms with van der Waals surface area (Å²) in [5.41, 5.74) is 5.31. The monoisotopic (exact) mass is 213 g/mol. The molecule has 1 heterocycles. The van der Waals surface area contributed by atoms with Gasteiger partial charge in [-0.05, 0) is 12.8 Å². The molecule has 0 spiro atoms. The van der Waals surface area contributed by atoms with Crippen molar-refractivity contribution in [3.05, 3.63) is 11.5 Å². The number of ketones is 1. The van der Waals surface area contributed by atoms with Crippen LogP contribution < -0.4 is 5.73 Å². The van der Waals surface area contributed by atoms with Gasteiger partial charge in [-0.2, -0.15) is 0 Å². The number of hydrogen-bond donors (Lipinski definition) is 1. The predicted octanol–water partition coefficient (Wildman–Crippen LogP) is 0.344. The first-order valence-corrected chi connectivity index (χ1v) is 4.86. The zero-order chi connectivity index (χ0) is 11.6. The molecule has 15 heavy (non-hydrogen) atoms. The molecule has 1 aliphatic heterocycles. The summed E-state index contributed by atoms with van der Waals surface area (Å²) >= 11 is 0. The molecule has 2 N–H and O–H groups in total. The molecule has 0 aromatic heterocycles. The van der Waals surface area contributed by atoms with Crippen molar-refractivity contribution in [2.75, 3.05) is 6.61 Å². The first-order valence-electron chi connectivity index (χ1n) is 4.86. The standard InChI is InChI=1S/C10H15NO4/c1-4-14-10(13)6-7(12)8(5(2)3)15-9(6)11/h5,8H,4,11H2,1-3H3. The van der Waals surface area contributed by atoms with Gasteiger partial charge in [0.25, 0.3) is 0 Å². The van der Waals surface area contributed by atoms with Gasteiger partial charge in [0.05, 0.1) is 6.61 Å². The van der Waals surface area contributed by atoms with Crippen LogP contribution in [0.3, 0.4) is 0 Å². The highest BCUT2D eigenvalue weighted by Crippen LogP contribution is 2.24. The molecule has 1 atom stereocenters. The van der Waals surface area contributed by atoms with E-state index in [0.29, 0.717) is 0 Å². The molecule has 0 aromatic carbocycles. The molecule has 84 valence electrons. The Balaban J connectivity index is 2.86. The van der Waals surface area contributed by atoms with Gasteiger partial charge in [0.1, 0.15) is 0 Å². The Bertz CT molecular complexity index is 319. The van der Waals surface area contributed by atoms with Gasteiger partial charge in [0.15, 0.2) is 11.7 Å². The Hall–Kier alpha value is -1.52. The minimum atomic E-state index is -0.705. The lowest BCUT2D eigenvalue weighted by molar-refractivity contribution is -0.140. The van der Waals surface area contributed by atoms with Crippen molar-refractivity contribution in [1.82, 2.24) is 0 Å². The molecule has 5 nitrogen and oxygen atoms in total. The molecule has 0 fully saturated rings. The Morgan fingerprint density at radius 1 is 1.60 bits per heavy atom. The fourth-order valence-electron chi connectivity index (χ4n) is 1.36. The first-order chi connectivity index (χ1) is 6.99. The largest absolute Gasteiger partial charge is 0.467 e. The van der Waals surface area contributed by atoms with E-state index < -0.39 is 12.1 Å². The first kappa shape index (κ1) is 11.6. The summed E-state index contributed by atoms with van der Waals surface area (Å²) in [7, 11) is 0. The van der Waals surface area contributed by atoms with Crippen LogP contribution in [0.2, 0.25) is 0 Å². The number of carbonyl (C=O) groups excluding carboxylic acids is 2. The number of rotatable bonds is 3. The molecule has 5 heteroatoms. The summed E-state index contributed by atoms with van der Waals surface area (Å²) in [4.78, 5) is 23.1. The molecular weight excluding hydrogens is 198 g/mol. The van der Waals surface area contributed by atoms with Gasteiger partial charge < -0.3 is 15.2 Å². The van der Waals surface area contributed by atoms with Gasteiger partial charge in [0, 0.05) is 0 Å². The van der Waals surface area contributed by atoms with Crippen molar-refractivity contribution in [2.24, 2.45) is 11.7 Å². The topological polar surface area (TPSA) is 78.6 Å². The summed E-state index contributed by atoms with van der Waals surface area (Å²) < 4.78 is 9.84. The second kappa shape index (κ2) is 4.33. The van der Waals surface area contributed by atoms with Crippen LogP contribution in [-0.2, 0) is 19.1 Å². The minimum absolute atomic E-state index is 0.0250. The molecule has 0 aromatic rings. The summed E-state index contributed by atoms with van der Waals surface area (Å²) in [6.07, 6.45) is -0.663. The number of nitrogens with two attached hydrogens (primary N) is 1. The number of esters is 1. The van der Waals surface area contributed by atoms with E-state index >= 15 is 0 Å². The van der Waals surface area contributed by atoms with Crippen molar-refractivity contribution in [3.8, 4) is 0 Å². The lowest BCUT2D eigenvalue weighted by Gasteiger charge is -2.12. The third-order valence-corrected chi connectivity index (χ3v) is 2.09. The lowest BCUT2D eigenvalue weighted by Crippen LogP contribution is -2.27. The molecule has 0 saturated heterocycles. The molecule has 0 radical (unpaired) electrons. The van der Waals surface area contributed by atoms with E-state index in [1.54, 1.807) is 6.92 Å². The van der Waals surface area contributed by atoms with Crippen LogP contribution in [-0.4, -0.2) is 24.5 Å². The fraction of sp³-hybridized carbons (Fsp3) is 0.600. The summed E-state index contributed by atoms with van der Waals surface area (Å²) in [5, 5.41) is 0. The van der Waals surface area contributed by atoms with Crippen LogP contribution in [0, 0.1) is 5.92 Å². The van der Waals surface area contributed by atoms with E-state index in [1.807, 2.05) is 13.8 Å². The highest BCUT2D eigenvalue weighted by Gasteiger charge is 2.40. The van der Waals surface area contributed by atoms with E-state index in [1.165, 1.54) is 0 Å². The van der Waals surface area contributed by atoms with Gasteiger partial charge in [-0.3, -0.25) is 4.79 Å². The number of carbonyl (C=O) groups is 2. The summed E-state index contributed by atoms with van der Waals surface area (Å²) in [5.74, 6) is -1.25. The van der Waals surface area contributed by atoms with Crippen LogP contribution >= 0.6 is 0 Å². The number of Topliss-reactive ketones (excluding diaryl/α,β-unsaturated/α-hetero) is 1. The number of hydrogen-bond acceptors (Lipinski definition) is 5. The maximum Gasteiger partial charge on any atom is 0.347 e.